The third kappa shape index (κ3) is 4.86. The van der Waals surface area contributed by atoms with Crippen molar-refractivity contribution in [1.82, 2.24) is 0 Å². The minimum absolute atomic E-state index is 0.0251. The fraction of sp³-hybridized carbons (Fsp3) is 0.0952. The predicted molar refractivity (Wildman–Crippen MR) is 116 cm³/mol. The summed E-state index contributed by atoms with van der Waals surface area (Å²) in [6.45, 7) is 3.62. The Morgan fingerprint density at radius 3 is 1.65 bits per heavy atom. The fourth-order valence-corrected chi connectivity index (χ4v) is 4.97. The number of hydrogen-bond donors (Lipinski definition) is 1. The zero-order valence-electron chi connectivity index (χ0n) is 16.7. The van der Waals surface area contributed by atoms with Gasteiger partial charge in [-0.1, -0.05) is 35.4 Å². The summed E-state index contributed by atoms with van der Waals surface area (Å²) in [5, 5.41) is 0. The van der Waals surface area contributed by atoms with Gasteiger partial charge in [0.1, 0.15) is 10.6 Å². The van der Waals surface area contributed by atoms with Crippen molar-refractivity contribution in [3.05, 3.63) is 83.9 Å². The van der Waals surface area contributed by atoms with Crippen molar-refractivity contribution in [3.63, 3.8) is 0 Å². The van der Waals surface area contributed by atoms with E-state index in [1.807, 2.05) is 6.92 Å². The average molecular weight is 461 g/mol. The molecule has 10 heteroatoms. The van der Waals surface area contributed by atoms with Gasteiger partial charge < -0.3 is 9.92 Å². The minimum atomic E-state index is -4.27. The summed E-state index contributed by atoms with van der Waals surface area (Å²) in [4.78, 5) is 11.8. The number of urea groups is 1. The summed E-state index contributed by atoms with van der Waals surface area (Å²) in [7, 11) is -8.34. The standard InChI is InChI=1S/C21H20N2O6S2/c1-15-3-11-19(12-4-15)30(25,26)23(21(22)24)17-7-9-18(10-8-17)29-31(27,28)20-13-5-16(2)6-14-20/h3-14H,1-2H3,(H2,22,24). The molecular formula is C21H20N2O6S2. The van der Waals surface area contributed by atoms with Crippen molar-refractivity contribution in [1.29, 1.82) is 0 Å². The lowest BCUT2D eigenvalue weighted by Gasteiger charge is -2.20. The van der Waals surface area contributed by atoms with Crippen molar-refractivity contribution >= 4 is 31.9 Å². The van der Waals surface area contributed by atoms with Gasteiger partial charge in [-0.25, -0.2) is 13.2 Å². The fourth-order valence-electron chi connectivity index (χ4n) is 2.72. The van der Waals surface area contributed by atoms with Gasteiger partial charge in [-0.2, -0.15) is 12.7 Å². The Morgan fingerprint density at radius 2 is 1.19 bits per heavy atom. The Balaban J connectivity index is 1.90. The maximum Gasteiger partial charge on any atom is 0.339 e. The molecule has 0 aromatic heterocycles. The first kappa shape index (κ1) is 22.3. The van der Waals surface area contributed by atoms with Gasteiger partial charge >= 0.3 is 16.1 Å². The number of nitrogens with zero attached hydrogens (tertiary/aromatic N) is 1. The predicted octanol–water partition coefficient (Wildman–Crippen LogP) is 3.35. The monoisotopic (exact) mass is 460 g/mol. The first-order chi connectivity index (χ1) is 14.5. The number of amides is 2. The van der Waals surface area contributed by atoms with Crippen LogP contribution in [0.4, 0.5) is 10.5 Å². The molecule has 8 nitrogen and oxygen atoms in total. The highest BCUT2D eigenvalue weighted by Gasteiger charge is 2.29. The molecule has 0 atom stereocenters. The average Bonchev–Trinajstić information content (AvgIpc) is 2.69. The molecule has 3 rings (SSSR count). The molecule has 0 radical (unpaired) electrons. The number of nitrogens with two attached hydrogens (primary N) is 1. The number of benzene rings is 3. The number of primary amides is 1. The number of rotatable bonds is 6. The highest BCUT2D eigenvalue weighted by molar-refractivity contribution is 7.93. The highest BCUT2D eigenvalue weighted by Crippen LogP contribution is 2.27. The lowest BCUT2D eigenvalue weighted by molar-refractivity contribution is 0.257. The van der Waals surface area contributed by atoms with Crippen LogP contribution in [-0.4, -0.2) is 22.9 Å². The minimum Gasteiger partial charge on any atom is -0.379 e. The lowest BCUT2D eigenvalue weighted by Crippen LogP contribution is -2.40. The van der Waals surface area contributed by atoms with Crippen LogP contribution in [0.2, 0.25) is 0 Å². The molecule has 0 fully saturated rings. The van der Waals surface area contributed by atoms with Gasteiger partial charge in [0.25, 0.3) is 10.0 Å². The molecule has 0 aliphatic heterocycles. The molecule has 3 aromatic carbocycles. The maximum atomic E-state index is 12.9. The molecule has 0 unspecified atom stereocenters. The van der Waals surface area contributed by atoms with Crippen LogP contribution < -0.4 is 14.2 Å². The van der Waals surface area contributed by atoms with Crippen LogP contribution in [0.25, 0.3) is 0 Å². The van der Waals surface area contributed by atoms with Crippen LogP contribution >= 0.6 is 0 Å². The topological polar surface area (TPSA) is 124 Å². The second-order valence-corrected chi connectivity index (χ2v) is 10.1. The van der Waals surface area contributed by atoms with Crippen molar-refractivity contribution < 1.29 is 25.8 Å². The molecule has 0 aliphatic rings. The molecule has 0 spiro atoms. The number of hydrogen-bond acceptors (Lipinski definition) is 6. The summed E-state index contributed by atoms with van der Waals surface area (Å²) >= 11 is 0. The molecule has 31 heavy (non-hydrogen) atoms. The zero-order valence-corrected chi connectivity index (χ0v) is 18.4. The second-order valence-electron chi connectivity index (χ2n) is 6.77. The Labute approximate surface area is 181 Å². The normalized spacial score (nSPS) is 11.7. The van der Waals surface area contributed by atoms with Crippen LogP contribution in [0.3, 0.4) is 0 Å². The van der Waals surface area contributed by atoms with Crippen molar-refractivity contribution in [2.75, 3.05) is 4.31 Å². The van der Waals surface area contributed by atoms with E-state index in [-0.39, 0.29) is 21.2 Å². The van der Waals surface area contributed by atoms with E-state index < -0.39 is 26.2 Å². The van der Waals surface area contributed by atoms with Crippen LogP contribution in [0, 0.1) is 13.8 Å². The SMILES string of the molecule is Cc1ccc(S(=O)(=O)Oc2ccc(N(C(N)=O)S(=O)(=O)c3ccc(C)cc3)cc2)cc1. The van der Waals surface area contributed by atoms with E-state index in [9.17, 15) is 21.6 Å². The van der Waals surface area contributed by atoms with Gasteiger partial charge in [0.2, 0.25) is 0 Å². The van der Waals surface area contributed by atoms with Crippen LogP contribution in [0.15, 0.2) is 82.6 Å². The van der Waals surface area contributed by atoms with Crippen LogP contribution in [0.1, 0.15) is 11.1 Å². The Bertz CT molecular complexity index is 1300. The molecule has 0 saturated heterocycles. The van der Waals surface area contributed by atoms with E-state index in [1.54, 1.807) is 31.2 Å². The first-order valence-electron chi connectivity index (χ1n) is 9.03. The maximum absolute atomic E-state index is 12.9. The first-order valence-corrected chi connectivity index (χ1v) is 11.9. The second kappa shape index (κ2) is 8.40. The Kier molecular flexibility index (Phi) is 6.05. The van der Waals surface area contributed by atoms with Gasteiger partial charge in [-0.05, 0) is 62.4 Å². The van der Waals surface area contributed by atoms with Gasteiger partial charge in [-0.15, -0.1) is 0 Å². The Hall–Kier alpha value is -3.37. The van der Waals surface area contributed by atoms with Crippen molar-refractivity contribution in [3.8, 4) is 5.75 Å². The third-order valence-electron chi connectivity index (χ3n) is 4.35. The van der Waals surface area contributed by atoms with E-state index in [0.717, 1.165) is 11.1 Å². The molecule has 2 N–H and O–H groups in total. The van der Waals surface area contributed by atoms with Gasteiger partial charge in [0, 0.05) is 0 Å². The number of carbonyl (C=O) groups excluding carboxylic acids is 1. The van der Waals surface area contributed by atoms with E-state index >= 15 is 0 Å². The van der Waals surface area contributed by atoms with E-state index in [4.69, 9.17) is 9.92 Å². The molecule has 162 valence electrons. The third-order valence-corrected chi connectivity index (χ3v) is 7.35. The zero-order chi connectivity index (χ0) is 22.8. The molecule has 2 amide bonds. The van der Waals surface area contributed by atoms with E-state index in [2.05, 4.69) is 0 Å². The van der Waals surface area contributed by atoms with Crippen molar-refractivity contribution in [2.45, 2.75) is 23.6 Å². The van der Waals surface area contributed by atoms with Crippen LogP contribution in [-0.2, 0) is 20.1 Å². The molecule has 0 heterocycles. The number of carbonyl (C=O) groups is 1. The van der Waals surface area contributed by atoms with E-state index in [0.29, 0.717) is 4.31 Å². The summed E-state index contributed by atoms with van der Waals surface area (Å²) in [5.74, 6) is -0.0542. The Morgan fingerprint density at radius 1 is 0.742 bits per heavy atom. The molecule has 3 aromatic rings. The summed E-state index contributed by atoms with van der Waals surface area (Å²) in [5.41, 5.74) is 7.01. The van der Waals surface area contributed by atoms with Gasteiger partial charge in [-0.3, -0.25) is 0 Å². The summed E-state index contributed by atoms with van der Waals surface area (Å²) < 4.78 is 56.2. The van der Waals surface area contributed by atoms with E-state index in [1.165, 1.54) is 48.5 Å². The molecule has 0 bridgehead atoms. The lowest BCUT2D eigenvalue weighted by atomic mass is 10.2. The number of aryl methyl sites for hydroxylation is 2. The number of anilines is 1. The molecular weight excluding hydrogens is 440 g/mol. The summed E-state index contributed by atoms with van der Waals surface area (Å²) in [6, 6.07) is 15.8. The quantitative estimate of drug-likeness (QED) is 0.563. The highest BCUT2D eigenvalue weighted by atomic mass is 32.2. The smallest absolute Gasteiger partial charge is 0.339 e. The van der Waals surface area contributed by atoms with Gasteiger partial charge in [0.15, 0.2) is 0 Å². The van der Waals surface area contributed by atoms with Crippen molar-refractivity contribution in [2.24, 2.45) is 5.73 Å². The van der Waals surface area contributed by atoms with Crippen LogP contribution in [0.5, 0.6) is 5.75 Å². The summed E-state index contributed by atoms with van der Waals surface area (Å²) in [6.07, 6.45) is 0. The molecule has 0 saturated carbocycles. The molecule has 0 aliphatic carbocycles. The number of sulfonamides is 1. The van der Waals surface area contributed by atoms with Gasteiger partial charge in [0.05, 0.1) is 10.6 Å². The largest absolute Gasteiger partial charge is 0.379 e.